The van der Waals surface area contributed by atoms with Gasteiger partial charge in [-0.05, 0) is 85.6 Å². The maximum absolute atomic E-state index is 13.0. The highest BCUT2D eigenvalue weighted by Crippen LogP contribution is 2.33. The molecule has 6 aromatic rings. The Bertz CT molecular complexity index is 2980. The molecule has 2 fully saturated rings. The molecule has 0 spiro atoms. The number of sulfone groups is 1. The lowest BCUT2D eigenvalue weighted by atomic mass is 10.0. The van der Waals surface area contributed by atoms with Gasteiger partial charge in [-0.3, -0.25) is 9.59 Å². The molecule has 15 nitrogen and oxygen atoms in total. The molecule has 2 saturated heterocycles. The van der Waals surface area contributed by atoms with E-state index in [0.717, 1.165) is 47.2 Å². The Kier molecular flexibility index (Phi) is 14.8. The van der Waals surface area contributed by atoms with Gasteiger partial charge in [-0.1, -0.05) is 24.3 Å². The van der Waals surface area contributed by atoms with Crippen molar-refractivity contribution in [3.05, 3.63) is 130 Å². The van der Waals surface area contributed by atoms with Crippen LogP contribution < -0.4 is 26.2 Å². The number of amides is 2. The summed E-state index contributed by atoms with van der Waals surface area (Å²) < 4.78 is 113. The van der Waals surface area contributed by atoms with Crippen LogP contribution in [0.3, 0.4) is 0 Å². The third kappa shape index (κ3) is 12.7. The standard InChI is InChI=1S/C24H23F3N4O4S.C23H22F3N5O2/c1-15-6-7-18(28-22(32)16-4-3-5-17(12-16)24(25,26)27)13-19(15)20-14-21(31-8-10-35-11-9-31)30-23(29-20)36(2,33)34;1-14-5-6-17(28-21(32)15-3-2-4-16(11-15)23(24,25)26)12-18(14)19-13-20(30-22(27)29-19)31-7-9-33-10-8-31/h3-7,12-14H,8-11H2,1-2H3,(H,28,32);2-6,11-13H,7-10H2,1H3,(H,28,32)(H2,27,29,30). The Morgan fingerprint density at radius 1 is 0.594 bits per heavy atom. The van der Waals surface area contributed by atoms with Gasteiger partial charge in [0.15, 0.2) is 0 Å². The minimum atomic E-state index is -4.57. The molecule has 8 rings (SSSR count). The summed E-state index contributed by atoms with van der Waals surface area (Å²) in [6.07, 6.45) is -8.08. The average Bonchev–Trinajstić information content (AvgIpc) is 3.32. The van der Waals surface area contributed by atoms with Crippen LogP contribution in [-0.2, 0) is 31.7 Å². The third-order valence-electron chi connectivity index (χ3n) is 10.9. The molecule has 22 heteroatoms. The van der Waals surface area contributed by atoms with Crippen LogP contribution in [0.5, 0.6) is 0 Å². The van der Waals surface area contributed by atoms with Crippen molar-refractivity contribution in [1.29, 1.82) is 0 Å². The van der Waals surface area contributed by atoms with Crippen molar-refractivity contribution < 1.29 is 53.8 Å². The molecule has 0 aliphatic carbocycles. The summed E-state index contributed by atoms with van der Waals surface area (Å²) in [5, 5.41) is 4.93. The lowest BCUT2D eigenvalue weighted by molar-refractivity contribution is -0.138. The number of rotatable bonds is 9. The molecule has 0 unspecified atom stereocenters. The van der Waals surface area contributed by atoms with Crippen molar-refractivity contribution in [2.75, 3.05) is 85.0 Å². The molecular formula is C47H45F6N9O6S. The summed E-state index contributed by atoms with van der Waals surface area (Å²) in [5.41, 5.74) is 8.45. The number of morpholine rings is 2. The van der Waals surface area contributed by atoms with Crippen LogP contribution in [0.1, 0.15) is 43.0 Å². The predicted molar refractivity (Wildman–Crippen MR) is 247 cm³/mol. The molecule has 0 atom stereocenters. The Labute approximate surface area is 392 Å². The van der Waals surface area contributed by atoms with Gasteiger partial charge in [0.2, 0.25) is 20.9 Å². The van der Waals surface area contributed by atoms with Crippen LogP contribution in [0.4, 0.5) is 55.3 Å². The Balaban J connectivity index is 0.000000205. The number of nitrogens with one attached hydrogen (secondary N) is 2. The van der Waals surface area contributed by atoms with E-state index in [4.69, 9.17) is 15.2 Å². The lowest BCUT2D eigenvalue weighted by Gasteiger charge is -2.28. The summed E-state index contributed by atoms with van der Waals surface area (Å²) in [6, 6.07) is 22.0. The number of benzene rings is 4. The van der Waals surface area contributed by atoms with Crippen LogP contribution in [0, 0.1) is 13.8 Å². The van der Waals surface area contributed by atoms with Gasteiger partial charge >= 0.3 is 12.4 Å². The first-order chi connectivity index (χ1) is 32.6. The summed E-state index contributed by atoms with van der Waals surface area (Å²) in [7, 11) is -3.73. The molecule has 2 aliphatic heterocycles. The van der Waals surface area contributed by atoms with Gasteiger partial charge in [0.25, 0.3) is 11.8 Å². The van der Waals surface area contributed by atoms with Crippen molar-refractivity contribution in [2.45, 2.75) is 31.4 Å². The van der Waals surface area contributed by atoms with Crippen molar-refractivity contribution in [2.24, 2.45) is 0 Å². The van der Waals surface area contributed by atoms with Gasteiger partial charge in [0.05, 0.1) is 48.9 Å². The Hall–Kier alpha value is -7.17. The monoisotopic (exact) mass is 977 g/mol. The fourth-order valence-corrected chi connectivity index (χ4v) is 7.77. The number of anilines is 5. The van der Waals surface area contributed by atoms with Gasteiger partial charge in [-0.25, -0.2) is 23.4 Å². The molecule has 4 aromatic carbocycles. The minimum absolute atomic E-state index is 0.0900. The van der Waals surface area contributed by atoms with E-state index >= 15 is 0 Å². The van der Waals surface area contributed by atoms with Gasteiger partial charge in [0, 0.05) is 78.2 Å². The van der Waals surface area contributed by atoms with Crippen LogP contribution in [0.15, 0.2) is 102 Å². The fourth-order valence-electron chi connectivity index (χ4n) is 7.25. The number of aryl methyl sites for hydroxylation is 2. The second-order valence-corrected chi connectivity index (χ2v) is 17.9. The van der Waals surface area contributed by atoms with E-state index in [9.17, 15) is 44.3 Å². The second kappa shape index (κ2) is 20.6. The first-order valence-electron chi connectivity index (χ1n) is 21.2. The molecular weight excluding hydrogens is 933 g/mol. The normalized spacial score (nSPS) is 14.4. The highest BCUT2D eigenvalue weighted by molar-refractivity contribution is 7.90. The summed E-state index contributed by atoms with van der Waals surface area (Å²) in [6.45, 7) is 8.25. The number of alkyl halides is 6. The maximum Gasteiger partial charge on any atom is 0.416 e. The number of hydrogen-bond donors (Lipinski definition) is 3. The Morgan fingerprint density at radius 3 is 1.43 bits per heavy atom. The predicted octanol–water partition coefficient (Wildman–Crippen LogP) is 8.11. The summed E-state index contributed by atoms with van der Waals surface area (Å²) in [5.74, 6) is -0.136. The molecule has 0 radical (unpaired) electrons. The largest absolute Gasteiger partial charge is 0.416 e. The summed E-state index contributed by atoms with van der Waals surface area (Å²) in [4.78, 5) is 46.4. The molecule has 0 bridgehead atoms. The fraction of sp³-hybridized carbons (Fsp3) is 0.277. The van der Waals surface area contributed by atoms with Crippen LogP contribution >= 0.6 is 0 Å². The minimum Gasteiger partial charge on any atom is -0.378 e. The highest BCUT2D eigenvalue weighted by atomic mass is 32.2. The van der Waals surface area contributed by atoms with Crippen molar-refractivity contribution in [1.82, 2.24) is 19.9 Å². The molecule has 2 aromatic heterocycles. The SMILES string of the molecule is Cc1ccc(NC(=O)c2cccc(C(F)(F)F)c2)cc1-c1cc(N2CCOCC2)nc(N)n1.Cc1ccc(NC(=O)c2cccc(C(F)(F)F)c2)cc1-c1cc(N2CCOCC2)nc(S(C)(=O)=O)n1. The topological polar surface area (TPSA) is 195 Å². The van der Waals surface area contributed by atoms with E-state index in [1.165, 1.54) is 24.3 Å². The summed E-state index contributed by atoms with van der Waals surface area (Å²) >= 11 is 0. The van der Waals surface area contributed by atoms with E-state index in [1.807, 2.05) is 17.9 Å². The van der Waals surface area contributed by atoms with Crippen molar-refractivity contribution in [3.8, 4) is 22.5 Å². The van der Waals surface area contributed by atoms with Crippen LogP contribution in [0.2, 0.25) is 0 Å². The van der Waals surface area contributed by atoms with Gasteiger partial charge in [-0.2, -0.15) is 31.3 Å². The van der Waals surface area contributed by atoms with Gasteiger partial charge in [0.1, 0.15) is 11.6 Å². The number of nitrogens with two attached hydrogens (primary N) is 1. The third-order valence-corrected chi connectivity index (χ3v) is 11.7. The van der Waals surface area contributed by atoms with Crippen LogP contribution in [0.25, 0.3) is 22.5 Å². The first kappa shape index (κ1) is 49.7. The molecule has 69 heavy (non-hydrogen) atoms. The van der Waals surface area contributed by atoms with E-state index < -0.39 is 45.1 Å². The maximum atomic E-state index is 13.0. The van der Waals surface area contributed by atoms with Gasteiger partial charge < -0.3 is 35.6 Å². The average molecular weight is 978 g/mol. The number of ether oxygens (including phenoxy) is 2. The molecule has 2 aliphatic rings. The van der Waals surface area contributed by atoms with Crippen molar-refractivity contribution >= 4 is 50.6 Å². The molecule has 4 heterocycles. The van der Waals surface area contributed by atoms with E-state index in [-0.39, 0.29) is 22.2 Å². The number of carbonyl (C=O) groups excluding carboxylic acids is 2. The number of halogens is 6. The molecule has 362 valence electrons. The van der Waals surface area contributed by atoms with E-state index in [2.05, 4.69) is 35.5 Å². The quantitative estimate of drug-likeness (QED) is 0.0930. The molecule has 2 amide bonds. The lowest BCUT2D eigenvalue weighted by Crippen LogP contribution is -2.37. The zero-order chi connectivity index (χ0) is 49.7. The highest BCUT2D eigenvalue weighted by Gasteiger charge is 2.32. The number of carbonyl (C=O) groups is 2. The number of nitrogens with zero attached hydrogens (tertiary/aromatic N) is 6. The first-order valence-corrected chi connectivity index (χ1v) is 23.1. The van der Waals surface area contributed by atoms with Gasteiger partial charge in [-0.15, -0.1) is 0 Å². The molecule has 4 N–H and O–H groups in total. The van der Waals surface area contributed by atoms with Crippen LogP contribution in [-0.4, -0.2) is 99.0 Å². The number of aromatic nitrogens is 4. The molecule has 0 saturated carbocycles. The second-order valence-electron chi connectivity index (χ2n) is 16.0. The Morgan fingerprint density at radius 2 is 1.01 bits per heavy atom. The van der Waals surface area contributed by atoms with E-state index in [0.29, 0.717) is 92.6 Å². The van der Waals surface area contributed by atoms with Crippen molar-refractivity contribution in [3.63, 3.8) is 0 Å². The smallest absolute Gasteiger partial charge is 0.378 e. The van der Waals surface area contributed by atoms with E-state index in [1.54, 1.807) is 49.4 Å². The zero-order valence-electron chi connectivity index (χ0n) is 37.3. The number of nitrogen functional groups attached to an aromatic ring is 1. The zero-order valence-corrected chi connectivity index (χ0v) is 38.1. The number of hydrogen-bond acceptors (Lipinski definition) is 13.